The van der Waals surface area contributed by atoms with Gasteiger partial charge in [-0.25, -0.2) is 0 Å². The van der Waals surface area contributed by atoms with Crippen molar-refractivity contribution in [1.29, 1.82) is 0 Å². The third-order valence-electron chi connectivity index (χ3n) is 3.04. The second-order valence-corrected chi connectivity index (χ2v) is 5.00. The molecule has 0 aromatic carbocycles. The van der Waals surface area contributed by atoms with E-state index < -0.39 is 0 Å². The number of carbonyl (C=O) groups is 1. The van der Waals surface area contributed by atoms with Gasteiger partial charge in [0.05, 0.1) is 19.3 Å². The Morgan fingerprint density at radius 3 is 2.95 bits per heavy atom. The quantitative estimate of drug-likeness (QED) is 0.621. The van der Waals surface area contributed by atoms with Crippen molar-refractivity contribution in [3.8, 4) is 0 Å². The number of rotatable bonds is 8. The molecule has 2 unspecified atom stereocenters. The molecular weight excluding hydrogens is 246 g/mol. The fourth-order valence-electron chi connectivity index (χ4n) is 1.95. The maximum absolute atomic E-state index is 11.9. The molecule has 0 aromatic rings. The zero-order chi connectivity index (χ0) is 14.1. The molecule has 1 amide bonds. The summed E-state index contributed by atoms with van der Waals surface area (Å²) >= 11 is 0. The summed E-state index contributed by atoms with van der Waals surface area (Å²) < 4.78 is 10.9. The predicted octanol–water partition coefficient (Wildman–Crippen LogP) is -0.552. The molecule has 1 heterocycles. The van der Waals surface area contributed by atoms with Crippen LogP contribution in [0.15, 0.2) is 0 Å². The van der Waals surface area contributed by atoms with Gasteiger partial charge < -0.3 is 25.0 Å². The number of amides is 1. The normalized spacial score (nSPS) is 21.4. The van der Waals surface area contributed by atoms with Crippen LogP contribution < -0.4 is 10.6 Å². The number of hydrogen-bond donors (Lipinski definition) is 2. The smallest absolute Gasteiger partial charge is 0.239 e. The Bertz CT molecular complexity index is 256. The second kappa shape index (κ2) is 9.25. The molecule has 1 aliphatic rings. The van der Waals surface area contributed by atoms with Crippen LogP contribution in [-0.2, 0) is 14.3 Å². The van der Waals surface area contributed by atoms with Gasteiger partial charge in [0.25, 0.3) is 0 Å². The average Bonchev–Trinajstić information content (AvgIpc) is 2.42. The zero-order valence-electron chi connectivity index (χ0n) is 12.3. The van der Waals surface area contributed by atoms with Crippen molar-refractivity contribution in [3.63, 3.8) is 0 Å². The van der Waals surface area contributed by atoms with Gasteiger partial charge in [0, 0.05) is 26.2 Å². The van der Waals surface area contributed by atoms with E-state index in [0.717, 1.165) is 19.5 Å². The maximum Gasteiger partial charge on any atom is 0.239 e. The van der Waals surface area contributed by atoms with Crippen LogP contribution in [0, 0.1) is 0 Å². The Morgan fingerprint density at radius 1 is 1.58 bits per heavy atom. The summed E-state index contributed by atoms with van der Waals surface area (Å²) in [6.07, 6.45) is 0.983. The van der Waals surface area contributed by atoms with E-state index in [1.54, 1.807) is 0 Å². The maximum atomic E-state index is 11.9. The first-order valence-electron chi connectivity index (χ1n) is 6.98. The van der Waals surface area contributed by atoms with Crippen LogP contribution in [0.5, 0.6) is 0 Å². The van der Waals surface area contributed by atoms with Crippen molar-refractivity contribution in [2.24, 2.45) is 0 Å². The monoisotopic (exact) mass is 273 g/mol. The molecule has 0 bridgehead atoms. The number of carbonyl (C=O) groups excluding carboxylic acids is 1. The Labute approximate surface area is 115 Å². The molecule has 6 nitrogen and oxygen atoms in total. The lowest BCUT2D eigenvalue weighted by atomic mass is 10.2. The Kier molecular flexibility index (Phi) is 7.97. The van der Waals surface area contributed by atoms with Crippen molar-refractivity contribution in [1.82, 2.24) is 15.5 Å². The summed E-state index contributed by atoms with van der Waals surface area (Å²) in [7, 11) is 4.07. The lowest BCUT2D eigenvalue weighted by Gasteiger charge is -2.25. The lowest BCUT2D eigenvalue weighted by molar-refractivity contribution is -0.126. The molecule has 1 rings (SSSR count). The summed E-state index contributed by atoms with van der Waals surface area (Å²) in [4.78, 5) is 14.0. The molecule has 0 aliphatic carbocycles. The minimum Gasteiger partial charge on any atom is -0.378 e. The Balaban J connectivity index is 2.26. The third kappa shape index (κ3) is 6.87. The number of morpholine rings is 1. The fourth-order valence-corrected chi connectivity index (χ4v) is 1.95. The van der Waals surface area contributed by atoms with Crippen molar-refractivity contribution in [2.45, 2.75) is 25.5 Å². The molecule has 0 aromatic heterocycles. The second-order valence-electron chi connectivity index (χ2n) is 5.00. The van der Waals surface area contributed by atoms with Gasteiger partial charge in [-0.2, -0.15) is 0 Å². The van der Waals surface area contributed by atoms with E-state index in [1.807, 2.05) is 21.0 Å². The van der Waals surface area contributed by atoms with Crippen molar-refractivity contribution >= 4 is 5.91 Å². The van der Waals surface area contributed by atoms with E-state index in [9.17, 15) is 4.79 Å². The highest BCUT2D eigenvalue weighted by Gasteiger charge is 2.21. The number of hydrogen-bond acceptors (Lipinski definition) is 5. The highest BCUT2D eigenvalue weighted by atomic mass is 16.5. The standard InChI is InChI=1S/C13H27N3O3/c1-4-19-11(5-7-16(2)3)9-15-13(17)12-10-18-8-6-14-12/h11-12,14H,4-10H2,1-3H3,(H,15,17). The van der Waals surface area contributed by atoms with Crippen LogP contribution in [0.25, 0.3) is 0 Å². The van der Waals surface area contributed by atoms with Crippen molar-refractivity contribution in [2.75, 3.05) is 53.6 Å². The van der Waals surface area contributed by atoms with Gasteiger partial charge in [-0.05, 0) is 27.4 Å². The molecule has 0 radical (unpaired) electrons. The zero-order valence-corrected chi connectivity index (χ0v) is 12.3. The van der Waals surface area contributed by atoms with E-state index in [4.69, 9.17) is 9.47 Å². The first-order chi connectivity index (χ1) is 9.13. The van der Waals surface area contributed by atoms with Gasteiger partial charge in [-0.3, -0.25) is 4.79 Å². The van der Waals surface area contributed by atoms with Gasteiger partial charge in [-0.1, -0.05) is 0 Å². The molecule has 112 valence electrons. The summed E-state index contributed by atoms with van der Waals surface area (Å²) in [6.45, 7) is 5.99. The van der Waals surface area contributed by atoms with Crippen LogP contribution in [0.1, 0.15) is 13.3 Å². The van der Waals surface area contributed by atoms with Gasteiger partial charge >= 0.3 is 0 Å². The van der Waals surface area contributed by atoms with Crippen LogP contribution in [-0.4, -0.2) is 76.5 Å². The number of nitrogens with one attached hydrogen (secondary N) is 2. The van der Waals surface area contributed by atoms with E-state index in [-0.39, 0.29) is 18.1 Å². The van der Waals surface area contributed by atoms with E-state index in [2.05, 4.69) is 15.5 Å². The van der Waals surface area contributed by atoms with Crippen LogP contribution >= 0.6 is 0 Å². The molecule has 0 spiro atoms. The fraction of sp³-hybridized carbons (Fsp3) is 0.923. The molecule has 0 saturated carbocycles. The Morgan fingerprint density at radius 2 is 2.37 bits per heavy atom. The van der Waals surface area contributed by atoms with Gasteiger partial charge in [0.15, 0.2) is 0 Å². The minimum absolute atomic E-state index is 0.00532. The van der Waals surface area contributed by atoms with E-state index in [1.165, 1.54) is 0 Å². The first kappa shape index (κ1) is 16.4. The molecule has 2 N–H and O–H groups in total. The molecule has 1 aliphatic heterocycles. The van der Waals surface area contributed by atoms with Crippen molar-refractivity contribution < 1.29 is 14.3 Å². The summed E-state index contributed by atoms with van der Waals surface area (Å²) in [5.74, 6) is -0.00532. The largest absolute Gasteiger partial charge is 0.378 e. The highest BCUT2D eigenvalue weighted by Crippen LogP contribution is 2.00. The molecule has 2 atom stereocenters. The third-order valence-corrected chi connectivity index (χ3v) is 3.04. The summed E-state index contributed by atoms with van der Waals surface area (Å²) in [6, 6.07) is -0.232. The van der Waals surface area contributed by atoms with Crippen LogP contribution in [0.2, 0.25) is 0 Å². The van der Waals surface area contributed by atoms with Crippen LogP contribution in [0.4, 0.5) is 0 Å². The topological polar surface area (TPSA) is 62.8 Å². The molecular formula is C13H27N3O3. The molecule has 19 heavy (non-hydrogen) atoms. The predicted molar refractivity (Wildman–Crippen MR) is 74.2 cm³/mol. The van der Waals surface area contributed by atoms with E-state index in [0.29, 0.717) is 26.4 Å². The van der Waals surface area contributed by atoms with E-state index >= 15 is 0 Å². The first-order valence-corrected chi connectivity index (χ1v) is 6.98. The van der Waals surface area contributed by atoms with Crippen molar-refractivity contribution in [3.05, 3.63) is 0 Å². The number of nitrogens with zero attached hydrogens (tertiary/aromatic N) is 1. The minimum atomic E-state index is -0.232. The highest BCUT2D eigenvalue weighted by molar-refractivity contribution is 5.82. The number of ether oxygens (including phenoxy) is 2. The molecule has 6 heteroatoms. The summed E-state index contributed by atoms with van der Waals surface area (Å²) in [5, 5.41) is 6.07. The molecule has 1 saturated heterocycles. The lowest BCUT2D eigenvalue weighted by Crippen LogP contribution is -2.52. The average molecular weight is 273 g/mol. The van der Waals surface area contributed by atoms with Crippen LogP contribution in [0.3, 0.4) is 0 Å². The SMILES string of the molecule is CCOC(CCN(C)C)CNC(=O)C1COCCN1. The molecule has 1 fully saturated rings. The Hall–Kier alpha value is -0.690. The van der Waals surface area contributed by atoms with Gasteiger partial charge in [-0.15, -0.1) is 0 Å². The van der Waals surface area contributed by atoms with Gasteiger partial charge in [0.2, 0.25) is 5.91 Å². The van der Waals surface area contributed by atoms with Gasteiger partial charge in [0.1, 0.15) is 6.04 Å². The summed E-state index contributed by atoms with van der Waals surface area (Å²) in [5.41, 5.74) is 0.